The van der Waals surface area contributed by atoms with Crippen molar-refractivity contribution in [1.82, 2.24) is 4.57 Å². The molecule has 0 bridgehead atoms. The third kappa shape index (κ3) is 3.55. The van der Waals surface area contributed by atoms with Gasteiger partial charge in [-0.25, -0.2) is 0 Å². The normalized spacial score (nSPS) is 18.8. The maximum atomic E-state index is 12.8. The van der Waals surface area contributed by atoms with Crippen molar-refractivity contribution in [3.63, 3.8) is 0 Å². The Balaban J connectivity index is 1.48. The molecule has 6 nitrogen and oxygen atoms in total. The van der Waals surface area contributed by atoms with Crippen LogP contribution in [-0.4, -0.2) is 36.9 Å². The molecule has 0 saturated carbocycles. The summed E-state index contributed by atoms with van der Waals surface area (Å²) in [4.78, 5) is 12.8. The first-order chi connectivity index (χ1) is 12.8. The lowest BCUT2D eigenvalue weighted by molar-refractivity contribution is -0.119. The van der Waals surface area contributed by atoms with Crippen LogP contribution in [0.1, 0.15) is 25.7 Å². The van der Waals surface area contributed by atoms with E-state index in [1.807, 2.05) is 42.7 Å². The molecular formula is C20H24N2O4. The number of nitrogens with zero attached hydrogens (tertiary/aromatic N) is 1. The van der Waals surface area contributed by atoms with Gasteiger partial charge >= 0.3 is 0 Å². The Labute approximate surface area is 153 Å². The van der Waals surface area contributed by atoms with Gasteiger partial charge in [0.1, 0.15) is 0 Å². The van der Waals surface area contributed by atoms with Gasteiger partial charge in [0.05, 0.1) is 25.2 Å². The van der Waals surface area contributed by atoms with Crippen LogP contribution in [0, 0.1) is 0 Å². The number of ether oxygens (including phenoxy) is 3. The SMILES string of the molecule is O=C(CC1(n2cccc2)CCOCC1)Nc1ccc2c(c1)OCCCO2. The monoisotopic (exact) mass is 356 g/mol. The van der Waals surface area contributed by atoms with Crippen molar-refractivity contribution in [2.75, 3.05) is 31.7 Å². The van der Waals surface area contributed by atoms with Crippen LogP contribution in [0.3, 0.4) is 0 Å². The van der Waals surface area contributed by atoms with Gasteiger partial charge in [-0.1, -0.05) is 0 Å². The zero-order valence-electron chi connectivity index (χ0n) is 14.8. The average molecular weight is 356 g/mol. The highest BCUT2D eigenvalue weighted by atomic mass is 16.5. The van der Waals surface area contributed by atoms with Crippen LogP contribution < -0.4 is 14.8 Å². The molecule has 2 aliphatic heterocycles. The summed E-state index contributed by atoms with van der Waals surface area (Å²) < 4.78 is 19.0. The molecule has 26 heavy (non-hydrogen) atoms. The molecule has 1 saturated heterocycles. The van der Waals surface area contributed by atoms with Gasteiger partial charge < -0.3 is 24.1 Å². The Hall–Kier alpha value is -2.47. The molecule has 0 atom stereocenters. The maximum absolute atomic E-state index is 12.8. The van der Waals surface area contributed by atoms with E-state index in [-0.39, 0.29) is 11.4 Å². The molecule has 1 amide bonds. The second-order valence-corrected chi connectivity index (χ2v) is 6.86. The van der Waals surface area contributed by atoms with E-state index in [1.165, 1.54) is 0 Å². The lowest BCUT2D eigenvalue weighted by Crippen LogP contribution is -2.42. The number of fused-ring (bicyclic) bond motifs is 1. The van der Waals surface area contributed by atoms with Crippen molar-refractivity contribution in [2.45, 2.75) is 31.2 Å². The molecule has 3 heterocycles. The smallest absolute Gasteiger partial charge is 0.226 e. The topological polar surface area (TPSA) is 61.7 Å². The number of aromatic nitrogens is 1. The Kier molecular flexibility index (Phi) is 4.84. The van der Waals surface area contributed by atoms with Crippen LogP contribution in [0.4, 0.5) is 5.69 Å². The van der Waals surface area contributed by atoms with Gasteiger partial charge in [-0.15, -0.1) is 0 Å². The number of rotatable bonds is 4. The Morgan fingerprint density at radius 2 is 1.77 bits per heavy atom. The number of carbonyl (C=O) groups is 1. The summed E-state index contributed by atoms with van der Waals surface area (Å²) >= 11 is 0. The minimum absolute atomic E-state index is 0.00455. The Morgan fingerprint density at radius 1 is 1.04 bits per heavy atom. The minimum Gasteiger partial charge on any atom is -0.490 e. The molecule has 2 aliphatic rings. The lowest BCUT2D eigenvalue weighted by atomic mass is 9.86. The molecular weight excluding hydrogens is 332 g/mol. The van der Waals surface area contributed by atoms with E-state index in [9.17, 15) is 4.79 Å². The molecule has 0 spiro atoms. The highest BCUT2D eigenvalue weighted by Crippen LogP contribution is 2.35. The lowest BCUT2D eigenvalue weighted by Gasteiger charge is -2.38. The molecule has 1 aromatic heterocycles. The molecule has 138 valence electrons. The molecule has 0 radical (unpaired) electrons. The van der Waals surface area contributed by atoms with Crippen molar-refractivity contribution in [3.8, 4) is 11.5 Å². The largest absolute Gasteiger partial charge is 0.490 e. The number of benzene rings is 1. The number of nitrogens with one attached hydrogen (secondary N) is 1. The van der Waals surface area contributed by atoms with Crippen molar-refractivity contribution in [3.05, 3.63) is 42.7 Å². The summed E-state index contributed by atoms with van der Waals surface area (Å²) in [6.07, 6.45) is 7.00. The molecule has 6 heteroatoms. The third-order valence-corrected chi connectivity index (χ3v) is 5.10. The summed E-state index contributed by atoms with van der Waals surface area (Å²) in [5.74, 6) is 1.41. The van der Waals surface area contributed by atoms with E-state index < -0.39 is 0 Å². The first-order valence-corrected chi connectivity index (χ1v) is 9.16. The summed E-state index contributed by atoms with van der Waals surface area (Å²) in [6, 6.07) is 9.55. The Bertz CT molecular complexity index is 751. The average Bonchev–Trinajstić information content (AvgIpc) is 3.10. The summed E-state index contributed by atoms with van der Waals surface area (Å²) in [6.45, 7) is 2.63. The zero-order chi connectivity index (χ0) is 17.8. The van der Waals surface area contributed by atoms with Crippen LogP contribution >= 0.6 is 0 Å². The summed E-state index contributed by atoms with van der Waals surface area (Å²) in [5.41, 5.74) is 0.505. The van der Waals surface area contributed by atoms with Crippen molar-refractivity contribution < 1.29 is 19.0 Å². The van der Waals surface area contributed by atoms with Crippen molar-refractivity contribution >= 4 is 11.6 Å². The molecule has 2 aromatic rings. The van der Waals surface area contributed by atoms with Gasteiger partial charge in [0.25, 0.3) is 0 Å². The molecule has 1 aromatic carbocycles. The number of hydrogen-bond donors (Lipinski definition) is 1. The fourth-order valence-electron chi connectivity index (χ4n) is 3.67. The van der Waals surface area contributed by atoms with Crippen LogP contribution in [0.25, 0.3) is 0 Å². The molecule has 1 fully saturated rings. The third-order valence-electron chi connectivity index (χ3n) is 5.10. The van der Waals surface area contributed by atoms with Gasteiger partial charge in [0.2, 0.25) is 5.91 Å². The van der Waals surface area contributed by atoms with E-state index in [1.54, 1.807) is 0 Å². The van der Waals surface area contributed by atoms with Crippen LogP contribution in [0.15, 0.2) is 42.7 Å². The van der Waals surface area contributed by atoms with Gasteiger partial charge in [0.15, 0.2) is 11.5 Å². The fourth-order valence-corrected chi connectivity index (χ4v) is 3.67. The van der Waals surface area contributed by atoms with E-state index >= 15 is 0 Å². The van der Waals surface area contributed by atoms with E-state index in [0.717, 1.165) is 30.7 Å². The number of hydrogen-bond acceptors (Lipinski definition) is 4. The predicted molar refractivity (Wildman–Crippen MR) is 97.8 cm³/mol. The van der Waals surface area contributed by atoms with Crippen molar-refractivity contribution in [1.29, 1.82) is 0 Å². The highest BCUT2D eigenvalue weighted by Gasteiger charge is 2.36. The second kappa shape index (κ2) is 7.41. The van der Waals surface area contributed by atoms with E-state index in [0.29, 0.717) is 38.6 Å². The highest BCUT2D eigenvalue weighted by molar-refractivity contribution is 5.91. The molecule has 0 unspecified atom stereocenters. The predicted octanol–water partition coefficient (Wildman–Crippen LogP) is 3.18. The second-order valence-electron chi connectivity index (χ2n) is 6.86. The van der Waals surface area contributed by atoms with E-state index in [2.05, 4.69) is 9.88 Å². The standard InChI is InChI=1S/C20H24N2O4/c23-19(15-20(6-12-24-13-7-20)22-8-1-2-9-22)21-16-4-5-17-18(14-16)26-11-3-10-25-17/h1-2,4-5,8-9,14H,3,6-7,10-13,15H2,(H,21,23). The summed E-state index contributed by atoms with van der Waals surface area (Å²) in [7, 11) is 0. The quantitative estimate of drug-likeness (QED) is 0.914. The van der Waals surface area contributed by atoms with Gasteiger partial charge in [-0.3, -0.25) is 4.79 Å². The number of carbonyl (C=O) groups excluding carboxylic acids is 1. The van der Waals surface area contributed by atoms with E-state index in [4.69, 9.17) is 14.2 Å². The molecule has 0 aliphatic carbocycles. The van der Waals surface area contributed by atoms with Gasteiger partial charge in [0, 0.05) is 43.8 Å². The van der Waals surface area contributed by atoms with Gasteiger partial charge in [-0.2, -0.15) is 0 Å². The number of anilines is 1. The zero-order valence-corrected chi connectivity index (χ0v) is 14.8. The van der Waals surface area contributed by atoms with Gasteiger partial charge in [-0.05, 0) is 37.1 Å². The summed E-state index contributed by atoms with van der Waals surface area (Å²) in [5, 5.41) is 3.02. The van der Waals surface area contributed by atoms with Crippen LogP contribution in [0.5, 0.6) is 11.5 Å². The maximum Gasteiger partial charge on any atom is 0.226 e. The fraction of sp³-hybridized carbons (Fsp3) is 0.450. The molecule has 1 N–H and O–H groups in total. The number of amides is 1. The first kappa shape index (κ1) is 17.0. The van der Waals surface area contributed by atoms with Crippen LogP contribution in [0.2, 0.25) is 0 Å². The Morgan fingerprint density at radius 3 is 2.54 bits per heavy atom. The molecule has 4 rings (SSSR count). The minimum atomic E-state index is -0.225. The van der Waals surface area contributed by atoms with Crippen LogP contribution in [-0.2, 0) is 15.1 Å². The first-order valence-electron chi connectivity index (χ1n) is 9.16. The van der Waals surface area contributed by atoms with Crippen molar-refractivity contribution in [2.24, 2.45) is 0 Å².